The van der Waals surface area contributed by atoms with Gasteiger partial charge in [0.1, 0.15) is 11.5 Å². The molecule has 0 bridgehead atoms. The summed E-state index contributed by atoms with van der Waals surface area (Å²) in [6.45, 7) is 1.23. The van der Waals surface area contributed by atoms with Crippen LogP contribution in [0.3, 0.4) is 0 Å². The lowest BCUT2D eigenvalue weighted by Crippen LogP contribution is -2.25. The van der Waals surface area contributed by atoms with E-state index in [9.17, 15) is 31.1 Å². The SMILES string of the molecule is COc1ccc(-c2c(C(=O)C(F)(F)F)c(C)nc3ccc(OC(F)(F)F)cc23)cc1. The van der Waals surface area contributed by atoms with Crippen LogP contribution in [0.4, 0.5) is 26.3 Å². The van der Waals surface area contributed by atoms with Gasteiger partial charge in [0.15, 0.2) is 0 Å². The predicted molar refractivity (Wildman–Crippen MR) is 95.5 cm³/mol. The molecule has 0 atom stereocenters. The molecule has 0 N–H and O–H groups in total. The van der Waals surface area contributed by atoms with Gasteiger partial charge in [0, 0.05) is 16.6 Å². The average Bonchev–Trinajstić information content (AvgIpc) is 2.65. The molecular formula is C20H13F6NO3. The minimum Gasteiger partial charge on any atom is -0.497 e. The molecule has 0 aliphatic carbocycles. The maximum Gasteiger partial charge on any atom is 0.573 e. The maximum absolute atomic E-state index is 13.3. The highest BCUT2D eigenvalue weighted by Crippen LogP contribution is 2.39. The molecule has 2 aromatic carbocycles. The van der Waals surface area contributed by atoms with E-state index >= 15 is 0 Å². The van der Waals surface area contributed by atoms with E-state index in [0.717, 1.165) is 12.1 Å². The third-order valence-corrected chi connectivity index (χ3v) is 4.23. The van der Waals surface area contributed by atoms with Crippen molar-refractivity contribution in [1.82, 2.24) is 4.98 Å². The van der Waals surface area contributed by atoms with Crippen molar-refractivity contribution in [2.45, 2.75) is 19.5 Å². The highest BCUT2D eigenvalue weighted by Gasteiger charge is 2.42. The molecule has 30 heavy (non-hydrogen) atoms. The van der Waals surface area contributed by atoms with Crippen LogP contribution in [0.15, 0.2) is 42.5 Å². The smallest absolute Gasteiger partial charge is 0.497 e. The molecule has 0 saturated carbocycles. The van der Waals surface area contributed by atoms with Crippen molar-refractivity contribution in [3.63, 3.8) is 0 Å². The summed E-state index contributed by atoms with van der Waals surface area (Å²) in [5.41, 5.74) is -0.880. The van der Waals surface area contributed by atoms with Crippen molar-refractivity contribution in [3.05, 3.63) is 53.7 Å². The molecule has 3 rings (SSSR count). The summed E-state index contributed by atoms with van der Waals surface area (Å²) >= 11 is 0. The van der Waals surface area contributed by atoms with Crippen molar-refractivity contribution in [2.24, 2.45) is 0 Å². The first-order chi connectivity index (χ1) is 13.9. The Kier molecular flexibility index (Phi) is 5.36. The molecule has 158 valence electrons. The molecule has 3 aromatic rings. The summed E-state index contributed by atoms with van der Waals surface area (Å²) in [6, 6.07) is 8.78. The monoisotopic (exact) mass is 429 g/mol. The number of ether oxygens (including phenoxy) is 2. The molecule has 0 saturated heterocycles. The number of rotatable bonds is 4. The Balaban J connectivity index is 2.37. The summed E-state index contributed by atoms with van der Waals surface area (Å²) < 4.78 is 86.5. The molecule has 0 aliphatic heterocycles. The average molecular weight is 429 g/mol. The number of carbonyl (C=O) groups excluding carboxylic acids is 1. The van der Waals surface area contributed by atoms with Crippen LogP contribution in [-0.2, 0) is 0 Å². The Morgan fingerprint density at radius 1 is 0.933 bits per heavy atom. The number of alkyl halides is 6. The summed E-state index contributed by atoms with van der Waals surface area (Å²) in [6.07, 6.45) is -10.2. The van der Waals surface area contributed by atoms with Crippen LogP contribution in [0.2, 0.25) is 0 Å². The van der Waals surface area contributed by atoms with Crippen LogP contribution >= 0.6 is 0 Å². The number of pyridine rings is 1. The number of hydrogen-bond acceptors (Lipinski definition) is 4. The number of Topliss-reactive ketones (excluding diaryl/α,β-unsaturated/α-hetero) is 1. The fourth-order valence-corrected chi connectivity index (χ4v) is 3.04. The van der Waals surface area contributed by atoms with Gasteiger partial charge in [-0.3, -0.25) is 9.78 Å². The first kappa shape index (κ1) is 21.4. The quantitative estimate of drug-likeness (QED) is 0.385. The van der Waals surface area contributed by atoms with Crippen molar-refractivity contribution in [1.29, 1.82) is 0 Å². The third-order valence-electron chi connectivity index (χ3n) is 4.23. The number of methoxy groups -OCH3 is 1. The van der Waals surface area contributed by atoms with Crippen LogP contribution in [0.1, 0.15) is 16.1 Å². The third kappa shape index (κ3) is 4.32. The number of ketones is 1. The molecule has 0 amide bonds. The first-order valence-electron chi connectivity index (χ1n) is 8.37. The second kappa shape index (κ2) is 7.51. The molecule has 0 aliphatic rings. The number of carbonyl (C=O) groups is 1. The van der Waals surface area contributed by atoms with Crippen LogP contribution in [0.25, 0.3) is 22.0 Å². The lowest BCUT2D eigenvalue weighted by Gasteiger charge is -2.17. The van der Waals surface area contributed by atoms with E-state index in [2.05, 4.69) is 9.72 Å². The van der Waals surface area contributed by atoms with Gasteiger partial charge in [0.25, 0.3) is 5.78 Å². The Labute approximate surface area is 166 Å². The van der Waals surface area contributed by atoms with Crippen LogP contribution in [-0.4, -0.2) is 30.4 Å². The molecule has 4 nitrogen and oxygen atoms in total. The lowest BCUT2D eigenvalue weighted by molar-refractivity contribution is -0.274. The standard InChI is InChI=1S/C20H13F6NO3/c1-10-16(18(28)19(21,22)23)17(11-3-5-12(29-2)6-4-11)14-9-13(30-20(24,25)26)7-8-15(14)27-10/h3-9H,1-2H3. The topological polar surface area (TPSA) is 48.4 Å². The molecule has 1 aromatic heterocycles. The van der Waals surface area contributed by atoms with Crippen LogP contribution in [0, 0.1) is 6.92 Å². The second-order valence-corrected chi connectivity index (χ2v) is 6.23. The highest BCUT2D eigenvalue weighted by molar-refractivity contribution is 6.12. The van der Waals surface area contributed by atoms with Crippen LogP contribution in [0.5, 0.6) is 11.5 Å². The molecule has 1 heterocycles. The molecule has 0 radical (unpaired) electrons. The lowest BCUT2D eigenvalue weighted by atomic mass is 9.91. The Morgan fingerprint density at radius 2 is 1.53 bits per heavy atom. The van der Waals surface area contributed by atoms with Crippen molar-refractivity contribution in [2.75, 3.05) is 7.11 Å². The minimum absolute atomic E-state index is 0.0971. The zero-order chi connectivity index (χ0) is 22.3. The minimum atomic E-state index is -5.21. The van der Waals surface area contributed by atoms with E-state index in [0.29, 0.717) is 5.75 Å². The Morgan fingerprint density at radius 3 is 2.07 bits per heavy atom. The van der Waals surface area contributed by atoms with Gasteiger partial charge in [-0.15, -0.1) is 13.2 Å². The van der Waals surface area contributed by atoms with E-state index in [4.69, 9.17) is 4.74 Å². The largest absolute Gasteiger partial charge is 0.573 e. The molecule has 0 spiro atoms. The molecule has 0 unspecified atom stereocenters. The van der Waals surface area contributed by atoms with Crippen molar-refractivity contribution in [3.8, 4) is 22.6 Å². The van der Waals surface area contributed by atoms with Gasteiger partial charge in [-0.25, -0.2) is 0 Å². The Hall–Kier alpha value is -3.30. The van der Waals surface area contributed by atoms with Gasteiger partial charge in [-0.05, 0) is 42.8 Å². The van der Waals surface area contributed by atoms with E-state index in [-0.39, 0.29) is 27.7 Å². The molecular weight excluding hydrogens is 416 g/mol. The van der Waals surface area contributed by atoms with Crippen molar-refractivity contribution < 1.29 is 40.6 Å². The summed E-state index contributed by atoms with van der Waals surface area (Å²) in [7, 11) is 1.39. The fourth-order valence-electron chi connectivity index (χ4n) is 3.04. The zero-order valence-electron chi connectivity index (χ0n) is 15.5. The number of fused-ring (bicyclic) bond motifs is 1. The zero-order valence-corrected chi connectivity index (χ0v) is 15.5. The van der Waals surface area contributed by atoms with Gasteiger partial charge in [-0.1, -0.05) is 12.1 Å². The van der Waals surface area contributed by atoms with Gasteiger partial charge < -0.3 is 9.47 Å². The predicted octanol–water partition coefficient (Wildman–Crippen LogP) is 5.86. The number of hydrogen-bond donors (Lipinski definition) is 0. The first-order valence-corrected chi connectivity index (χ1v) is 8.37. The molecule has 10 heteroatoms. The van der Waals surface area contributed by atoms with Gasteiger partial charge in [0.2, 0.25) is 0 Å². The molecule has 0 fully saturated rings. The van der Waals surface area contributed by atoms with Crippen LogP contribution < -0.4 is 9.47 Å². The number of aromatic nitrogens is 1. The normalized spacial score (nSPS) is 12.1. The van der Waals surface area contributed by atoms with Gasteiger partial charge in [0.05, 0.1) is 18.2 Å². The summed E-state index contributed by atoms with van der Waals surface area (Å²) in [5, 5.41) is -0.0971. The number of aryl methyl sites for hydroxylation is 1. The fraction of sp³-hybridized carbons (Fsp3) is 0.200. The summed E-state index contributed by atoms with van der Waals surface area (Å²) in [5.74, 6) is -2.40. The highest BCUT2D eigenvalue weighted by atomic mass is 19.4. The second-order valence-electron chi connectivity index (χ2n) is 6.23. The maximum atomic E-state index is 13.3. The van der Waals surface area contributed by atoms with E-state index < -0.39 is 29.6 Å². The Bertz CT molecular complexity index is 1100. The van der Waals surface area contributed by atoms with Crippen molar-refractivity contribution >= 4 is 16.7 Å². The number of benzene rings is 2. The number of nitrogens with zero attached hydrogens (tertiary/aromatic N) is 1. The van der Waals surface area contributed by atoms with E-state index in [1.54, 1.807) is 0 Å². The summed E-state index contributed by atoms with van der Waals surface area (Å²) in [4.78, 5) is 16.1. The number of halogens is 6. The van der Waals surface area contributed by atoms with E-state index in [1.165, 1.54) is 44.4 Å². The van der Waals surface area contributed by atoms with Gasteiger partial charge in [-0.2, -0.15) is 13.2 Å². The van der Waals surface area contributed by atoms with E-state index in [1.807, 2.05) is 0 Å². The van der Waals surface area contributed by atoms with Gasteiger partial charge >= 0.3 is 12.5 Å².